The number of rotatable bonds is 5. The van der Waals surface area contributed by atoms with Crippen LogP contribution in [0.2, 0.25) is 0 Å². The standard InChI is InChI=1S/C19H29N3O3/c1-5-8-20-19(24)22-11-9-21(10-12-22)18(23)16-7-6-15(14(2)3)13-17(16)25-4/h6-7,13-14H,5,8-12H2,1-4H3,(H,20,24). The summed E-state index contributed by atoms with van der Waals surface area (Å²) in [6.07, 6.45) is 0.913. The van der Waals surface area contributed by atoms with Gasteiger partial charge in [-0.2, -0.15) is 0 Å². The SMILES string of the molecule is CCCNC(=O)N1CCN(C(=O)c2ccc(C(C)C)cc2OC)CC1. The van der Waals surface area contributed by atoms with Gasteiger partial charge in [-0.1, -0.05) is 26.8 Å². The lowest BCUT2D eigenvalue weighted by Crippen LogP contribution is -2.53. The minimum Gasteiger partial charge on any atom is -0.496 e. The van der Waals surface area contributed by atoms with Crippen LogP contribution in [0.3, 0.4) is 0 Å². The molecule has 6 nitrogen and oxygen atoms in total. The Balaban J connectivity index is 2.02. The first-order chi connectivity index (χ1) is 12.0. The molecule has 25 heavy (non-hydrogen) atoms. The summed E-state index contributed by atoms with van der Waals surface area (Å²) in [6.45, 7) is 9.09. The summed E-state index contributed by atoms with van der Waals surface area (Å²) >= 11 is 0. The van der Waals surface area contributed by atoms with Crippen molar-refractivity contribution in [3.8, 4) is 5.75 Å². The van der Waals surface area contributed by atoms with Gasteiger partial charge in [-0.3, -0.25) is 4.79 Å². The van der Waals surface area contributed by atoms with Crippen LogP contribution in [-0.2, 0) is 0 Å². The second-order valence-electron chi connectivity index (χ2n) is 6.63. The van der Waals surface area contributed by atoms with Crippen LogP contribution in [-0.4, -0.2) is 61.6 Å². The lowest BCUT2D eigenvalue weighted by molar-refractivity contribution is 0.0662. The van der Waals surface area contributed by atoms with E-state index >= 15 is 0 Å². The number of methoxy groups -OCH3 is 1. The molecule has 0 aromatic heterocycles. The number of carbonyl (C=O) groups is 2. The number of nitrogens with one attached hydrogen (secondary N) is 1. The topological polar surface area (TPSA) is 61.9 Å². The molecule has 1 fully saturated rings. The molecule has 138 valence electrons. The smallest absolute Gasteiger partial charge is 0.317 e. The molecule has 0 spiro atoms. The number of urea groups is 1. The van der Waals surface area contributed by atoms with Crippen molar-refractivity contribution in [2.75, 3.05) is 39.8 Å². The highest BCUT2D eigenvalue weighted by Crippen LogP contribution is 2.26. The third-order valence-electron chi connectivity index (χ3n) is 4.50. The highest BCUT2D eigenvalue weighted by atomic mass is 16.5. The summed E-state index contributed by atoms with van der Waals surface area (Å²) < 4.78 is 5.43. The number of carbonyl (C=O) groups excluding carboxylic acids is 2. The molecule has 0 saturated carbocycles. The molecule has 0 atom stereocenters. The average Bonchev–Trinajstić information content (AvgIpc) is 2.65. The van der Waals surface area contributed by atoms with Crippen LogP contribution in [0.15, 0.2) is 18.2 Å². The van der Waals surface area contributed by atoms with Crippen LogP contribution in [0.4, 0.5) is 4.79 Å². The molecule has 2 rings (SSSR count). The van der Waals surface area contributed by atoms with Gasteiger partial charge in [0.15, 0.2) is 0 Å². The van der Waals surface area contributed by atoms with Crippen LogP contribution >= 0.6 is 0 Å². The number of amides is 3. The largest absolute Gasteiger partial charge is 0.496 e. The lowest BCUT2D eigenvalue weighted by atomic mass is 10.0. The fourth-order valence-corrected chi connectivity index (χ4v) is 2.87. The van der Waals surface area contributed by atoms with E-state index in [1.807, 2.05) is 25.1 Å². The molecular weight excluding hydrogens is 318 g/mol. The number of hydrogen-bond acceptors (Lipinski definition) is 3. The molecule has 1 aromatic carbocycles. The maximum Gasteiger partial charge on any atom is 0.317 e. The monoisotopic (exact) mass is 347 g/mol. The summed E-state index contributed by atoms with van der Waals surface area (Å²) in [4.78, 5) is 28.4. The van der Waals surface area contributed by atoms with Crippen molar-refractivity contribution in [3.05, 3.63) is 29.3 Å². The number of ether oxygens (including phenoxy) is 1. The normalized spacial score (nSPS) is 14.6. The third-order valence-corrected chi connectivity index (χ3v) is 4.50. The third kappa shape index (κ3) is 4.65. The van der Waals surface area contributed by atoms with E-state index in [2.05, 4.69) is 19.2 Å². The Labute approximate surface area is 150 Å². The first-order valence-electron chi connectivity index (χ1n) is 8.97. The Morgan fingerprint density at radius 1 is 1.16 bits per heavy atom. The molecule has 0 radical (unpaired) electrons. The zero-order chi connectivity index (χ0) is 18.4. The van der Waals surface area contributed by atoms with Crippen molar-refractivity contribution < 1.29 is 14.3 Å². The molecule has 3 amide bonds. The van der Waals surface area contributed by atoms with Crippen LogP contribution in [0.5, 0.6) is 5.75 Å². The van der Waals surface area contributed by atoms with Crippen molar-refractivity contribution in [1.82, 2.24) is 15.1 Å². The quantitative estimate of drug-likeness (QED) is 0.891. The predicted octanol–water partition coefficient (Wildman–Crippen LogP) is 2.70. The van der Waals surface area contributed by atoms with Crippen LogP contribution < -0.4 is 10.1 Å². The summed E-state index contributed by atoms with van der Waals surface area (Å²) in [5.41, 5.74) is 1.72. The highest BCUT2D eigenvalue weighted by molar-refractivity contribution is 5.97. The zero-order valence-corrected chi connectivity index (χ0v) is 15.7. The predicted molar refractivity (Wildman–Crippen MR) is 98.2 cm³/mol. The average molecular weight is 347 g/mol. The highest BCUT2D eigenvalue weighted by Gasteiger charge is 2.26. The van der Waals surface area contributed by atoms with Crippen molar-refractivity contribution in [2.45, 2.75) is 33.1 Å². The minimum absolute atomic E-state index is 0.0410. The molecule has 0 unspecified atom stereocenters. The second-order valence-corrected chi connectivity index (χ2v) is 6.63. The summed E-state index contributed by atoms with van der Waals surface area (Å²) in [6, 6.07) is 5.71. The molecule has 1 aromatic rings. The molecule has 1 aliphatic heterocycles. The molecule has 6 heteroatoms. The Morgan fingerprint density at radius 3 is 2.36 bits per heavy atom. The van der Waals surface area contributed by atoms with E-state index in [1.54, 1.807) is 16.9 Å². The molecule has 0 bridgehead atoms. The first-order valence-corrected chi connectivity index (χ1v) is 8.97. The van der Waals surface area contributed by atoms with Gasteiger partial charge in [-0.15, -0.1) is 0 Å². The number of benzene rings is 1. The number of piperazine rings is 1. The van der Waals surface area contributed by atoms with E-state index < -0.39 is 0 Å². The fourth-order valence-electron chi connectivity index (χ4n) is 2.87. The van der Waals surface area contributed by atoms with Gasteiger partial charge in [0.2, 0.25) is 0 Å². The van der Waals surface area contributed by atoms with E-state index in [1.165, 1.54) is 0 Å². The minimum atomic E-state index is -0.0483. The fraction of sp³-hybridized carbons (Fsp3) is 0.579. The Kier molecular flexibility index (Phi) is 6.67. The van der Waals surface area contributed by atoms with Gasteiger partial charge in [0.1, 0.15) is 5.75 Å². The number of nitrogens with zero attached hydrogens (tertiary/aromatic N) is 2. The summed E-state index contributed by atoms with van der Waals surface area (Å²) in [5, 5.41) is 2.88. The molecule has 1 aliphatic rings. The summed E-state index contributed by atoms with van der Waals surface area (Å²) in [5.74, 6) is 0.948. The van der Waals surface area contributed by atoms with Crippen molar-refractivity contribution in [1.29, 1.82) is 0 Å². The zero-order valence-electron chi connectivity index (χ0n) is 15.7. The van der Waals surface area contributed by atoms with Gasteiger partial charge in [0, 0.05) is 32.7 Å². The van der Waals surface area contributed by atoms with E-state index in [-0.39, 0.29) is 11.9 Å². The van der Waals surface area contributed by atoms with Crippen LogP contribution in [0.1, 0.15) is 49.0 Å². The molecule has 0 aliphatic carbocycles. The van der Waals surface area contributed by atoms with Gasteiger partial charge in [-0.05, 0) is 30.0 Å². The van der Waals surface area contributed by atoms with Gasteiger partial charge in [0.05, 0.1) is 12.7 Å². The van der Waals surface area contributed by atoms with Crippen molar-refractivity contribution in [2.24, 2.45) is 0 Å². The van der Waals surface area contributed by atoms with Crippen molar-refractivity contribution in [3.63, 3.8) is 0 Å². The van der Waals surface area contributed by atoms with Crippen molar-refractivity contribution >= 4 is 11.9 Å². The first kappa shape index (κ1) is 19.1. The number of hydrogen-bond donors (Lipinski definition) is 1. The lowest BCUT2D eigenvalue weighted by Gasteiger charge is -2.35. The molecule has 1 heterocycles. The summed E-state index contributed by atoms with van der Waals surface area (Å²) in [7, 11) is 1.59. The van der Waals surface area contributed by atoms with Crippen LogP contribution in [0, 0.1) is 0 Å². The van der Waals surface area contributed by atoms with E-state index in [0.29, 0.717) is 50.0 Å². The Hall–Kier alpha value is -2.24. The van der Waals surface area contributed by atoms with E-state index in [9.17, 15) is 9.59 Å². The maximum atomic E-state index is 12.8. The van der Waals surface area contributed by atoms with Gasteiger partial charge >= 0.3 is 6.03 Å². The molecular formula is C19H29N3O3. The van der Waals surface area contributed by atoms with Crippen LogP contribution in [0.25, 0.3) is 0 Å². The van der Waals surface area contributed by atoms with E-state index in [0.717, 1.165) is 12.0 Å². The molecule has 1 saturated heterocycles. The second kappa shape index (κ2) is 8.74. The Bertz CT molecular complexity index is 608. The maximum absolute atomic E-state index is 12.8. The van der Waals surface area contributed by atoms with Gasteiger partial charge in [0.25, 0.3) is 5.91 Å². The van der Waals surface area contributed by atoms with Gasteiger partial charge in [-0.25, -0.2) is 4.79 Å². The van der Waals surface area contributed by atoms with Gasteiger partial charge < -0.3 is 19.9 Å². The molecule has 1 N–H and O–H groups in total. The Morgan fingerprint density at radius 2 is 1.80 bits per heavy atom. The van der Waals surface area contributed by atoms with E-state index in [4.69, 9.17) is 4.74 Å².